The van der Waals surface area contributed by atoms with Gasteiger partial charge in [-0.25, -0.2) is 14.2 Å². The summed E-state index contributed by atoms with van der Waals surface area (Å²) in [5.41, 5.74) is 5.49. The van der Waals surface area contributed by atoms with Crippen molar-refractivity contribution in [1.29, 1.82) is 0 Å². The molecule has 0 fully saturated rings. The minimum atomic E-state index is -0.967. The number of carbonyl (C=O) groups excluding carboxylic acids is 1. The highest BCUT2D eigenvalue weighted by molar-refractivity contribution is 6.30. The number of nitrogens with zero attached hydrogens (tertiary/aromatic N) is 1. The van der Waals surface area contributed by atoms with Gasteiger partial charge in [0.25, 0.3) is 0 Å². The fraction of sp³-hybridized carbons (Fsp3) is 0.523. The third-order valence-electron chi connectivity index (χ3n) is 9.33. The Balaban J connectivity index is 0.000000602. The summed E-state index contributed by atoms with van der Waals surface area (Å²) in [6.45, 7) is 30.8. The van der Waals surface area contributed by atoms with Gasteiger partial charge in [0.1, 0.15) is 11.3 Å². The number of hydrogen-bond acceptors (Lipinski definition) is 4. The van der Waals surface area contributed by atoms with E-state index in [0.29, 0.717) is 28.1 Å². The number of ketones is 1. The maximum Gasteiger partial charge on any atom is 0.335 e. The summed E-state index contributed by atoms with van der Waals surface area (Å²) in [6.07, 6.45) is 10.5. The molecule has 0 spiro atoms. The van der Waals surface area contributed by atoms with Gasteiger partial charge >= 0.3 is 5.97 Å². The number of rotatable bonds is 13. The van der Waals surface area contributed by atoms with Gasteiger partial charge in [0.05, 0.1) is 16.3 Å². The molecule has 1 aromatic carbocycles. The number of aromatic nitrogens is 1. The summed E-state index contributed by atoms with van der Waals surface area (Å²) in [6, 6.07) is 8.31. The summed E-state index contributed by atoms with van der Waals surface area (Å²) in [5, 5.41) is 8.67. The monoisotopic (exact) mass is 723 g/mol. The molecule has 51 heavy (non-hydrogen) atoms. The maximum atomic E-state index is 14.1. The van der Waals surface area contributed by atoms with E-state index < -0.39 is 11.8 Å². The highest BCUT2D eigenvalue weighted by Crippen LogP contribution is 2.40. The number of fused-ring (bicyclic) bond motifs is 1. The van der Waals surface area contributed by atoms with Crippen LogP contribution < -0.4 is 0 Å². The van der Waals surface area contributed by atoms with Crippen LogP contribution in [0.1, 0.15) is 145 Å². The number of halogens is 2. The first kappa shape index (κ1) is 45.5. The molecule has 3 rings (SSSR count). The summed E-state index contributed by atoms with van der Waals surface area (Å²) < 4.78 is 20.3. The first-order valence-electron chi connectivity index (χ1n) is 18.4. The predicted molar refractivity (Wildman–Crippen MR) is 214 cm³/mol. The quantitative estimate of drug-likeness (QED) is 0.108. The molecule has 282 valence electrons. The average Bonchev–Trinajstić information content (AvgIpc) is 3.48. The molecule has 0 saturated carbocycles. The SMILES string of the molecule is C=C(/C=C(C)\C=C(\C)CCC)C(=O)O.CCCC.CCCC(C)(C)C(C)C(C)C(=O)c1cc2nc(-c3ccc(Cl)c(F)c3)cc(C(C)(C)C)c2o1. The lowest BCUT2D eigenvalue weighted by Crippen LogP contribution is -2.31. The van der Waals surface area contributed by atoms with Gasteiger partial charge in [-0.05, 0) is 67.7 Å². The van der Waals surface area contributed by atoms with Crippen molar-refractivity contribution in [3.8, 4) is 11.3 Å². The van der Waals surface area contributed by atoms with Crippen LogP contribution in [0.15, 0.2) is 70.2 Å². The molecule has 2 aromatic heterocycles. The van der Waals surface area contributed by atoms with Gasteiger partial charge in [0.15, 0.2) is 11.3 Å². The van der Waals surface area contributed by atoms with Crippen LogP contribution in [0.25, 0.3) is 22.4 Å². The zero-order valence-corrected chi connectivity index (χ0v) is 34.3. The lowest BCUT2D eigenvalue weighted by molar-refractivity contribution is -0.132. The molecular weight excluding hydrogens is 661 g/mol. The number of carboxylic acid groups (broad SMARTS) is 1. The van der Waals surface area contributed by atoms with Gasteiger partial charge in [-0.3, -0.25) is 4.79 Å². The molecule has 3 aromatic rings. The molecule has 0 aliphatic carbocycles. The summed E-state index contributed by atoms with van der Waals surface area (Å²) in [4.78, 5) is 28.6. The van der Waals surface area contributed by atoms with Crippen LogP contribution >= 0.6 is 11.6 Å². The summed E-state index contributed by atoms with van der Waals surface area (Å²) >= 11 is 5.86. The number of Topliss-reactive ketones (excluding diaryl/α,β-unsaturated/α-hetero) is 1. The maximum absolute atomic E-state index is 14.1. The molecule has 0 bridgehead atoms. The number of pyridine rings is 1. The topological polar surface area (TPSA) is 80.4 Å². The minimum absolute atomic E-state index is 0.0105. The Bertz CT molecular complexity index is 1690. The van der Waals surface area contributed by atoms with Crippen molar-refractivity contribution in [2.24, 2.45) is 17.3 Å². The number of benzene rings is 1. The molecule has 5 nitrogen and oxygen atoms in total. The van der Waals surface area contributed by atoms with E-state index in [4.69, 9.17) is 26.1 Å². The Kier molecular flexibility index (Phi) is 18.3. The molecule has 2 unspecified atom stereocenters. The molecule has 0 amide bonds. The highest BCUT2D eigenvalue weighted by atomic mass is 35.5. The van der Waals surface area contributed by atoms with Gasteiger partial charge in [-0.1, -0.05) is 143 Å². The smallest absolute Gasteiger partial charge is 0.335 e. The fourth-order valence-electron chi connectivity index (χ4n) is 5.74. The number of furan rings is 1. The second kappa shape index (κ2) is 20.5. The van der Waals surface area contributed by atoms with Crippen LogP contribution in [-0.2, 0) is 10.2 Å². The second-order valence-corrected chi connectivity index (χ2v) is 15.8. The average molecular weight is 724 g/mol. The first-order valence-corrected chi connectivity index (χ1v) is 18.7. The van der Waals surface area contributed by atoms with Gasteiger partial charge in [0, 0.05) is 23.1 Å². The van der Waals surface area contributed by atoms with Crippen LogP contribution in [0.3, 0.4) is 0 Å². The molecule has 0 radical (unpaired) electrons. The fourth-order valence-corrected chi connectivity index (χ4v) is 5.85. The Hall–Kier alpha value is -3.51. The number of aliphatic carboxylic acids is 1. The van der Waals surface area contributed by atoms with Crippen LogP contribution in [0.4, 0.5) is 4.39 Å². The van der Waals surface area contributed by atoms with Crippen molar-refractivity contribution in [3.63, 3.8) is 0 Å². The van der Waals surface area contributed by atoms with E-state index in [0.717, 1.165) is 36.8 Å². The first-order chi connectivity index (χ1) is 23.6. The molecule has 2 atom stereocenters. The molecule has 7 heteroatoms. The zero-order chi connectivity index (χ0) is 39.3. The Labute approximate surface area is 312 Å². The number of carboxylic acids is 1. The van der Waals surface area contributed by atoms with E-state index >= 15 is 0 Å². The highest BCUT2D eigenvalue weighted by Gasteiger charge is 2.35. The number of unbranched alkanes of at least 4 members (excludes halogenated alkanes) is 1. The molecule has 0 saturated heterocycles. The van der Waals surface area contributed by atoms with Gasteiger partial charge in [0.2, 0.25) is 5.78 Å². The van der Waals surface area contributed by atoms with E-state index in [1.54, 1.807) is 18.2 Å². The lowest BCUT2D eigenvalue weighted by Gasteiger charge is -2.35. The molecule has 0 aliphatic heterocycles. The second-order valence-electron chi connectivity index (χ2n) is 15.4. The Morgan fingerprint density at radius 2 is 1.57 bits per heavy atom. The summed E-state index contributed by atoms with van der Waals surface area (Å²) in [7, 11) is 0. The van der Waals surface area contributed by atoms with Crippen LogP contribution in [-0.4, -0.2) is 21.8 Å². The minimum Gasteiger partial charge on any atom is -0.478 e. The van der Waals surface area contributed by atoms with Crippen molar-refractivity contribution in [3.05, 3.63) is 87.9 Å². The van der Waals surface area contributed by atoms with Crippen LogP contribution in [0.2, 0.25) is 5.02 Å². The number of allylic oxidation sites excluding steroid dienone is 3. The van der Waals surface area contributed by atoms with E-state index in [-0.39, 0.29) is 39.0 Å². The van der Waals surface area contributed by atoms with Gasteiger partial charge in [-0.2, -0.15) is 0 Å². The summed E-state index contributed by atoms with van der Waals surface area (Å²) in [5.74, 6) is -1.13. The van der Waals surface area contributed by atoms with E-state index in [9.17, 15) is 14.0 Å². The van der Waals surface area contributed by atoms with Crippen molar-refractivity contribution in [2.75, 3.05) is 0 Å². The Morgan fingerprint density at radius 3 is 2.06 bits per heavy atom. The van der Waals surface area contributed by atoms with Crippen molar-refractivity contribution in [2.45, 2.75) is 134 Å². The molecule has 1 N–H and O–H groups in total. The third kappa shape index (κ3) is 13.9. The van der Waals surface area contributed by atoms with E-state index in [1.165, 1.54) is 30.5 Å². The lowest BCUT2D eigenvalue weighted by atomic mass is 9.69. The van der Waals surface area contributed by atoms with Crippen LogP contribution in [0, 0.1) is 23.1 Å². The van der Waals surface area contributed by atoms with Gasteiger partial charge < -0.3 is 9.52 Å². The molecular formula is C44H63ClFNO4. The standard InChI is InChI=1S/C28H35ClFNO2.C12H18O2.C4H10/c1-9-12-28(7,8)17(3)16(2)25(32)24-15-23-26(33-24)19(27(4,5)6)14-22(31-23)18-10-11-20(29)21(30)13-18;1-5-6-9(2)7-10(3)8-11(4)12(13)14;1-3-4-2/h10-11,13-17H,9,12H2,1-8H3;7-8H,4-6H2,1-3H3,(H,13,14);3-4H2,1-2H3/b;9-7-,10-8-;. The Morgan fingerprint density at radius 1 is 0.961 bits per heavy atom. The van der Waals surface area contributed by atoms with Gasteiger partial charge in [-0.15, -0.1) is 0 Å². The van der Waals surface area contributed by atoms with Crippen molar-refractivity contribution >= 4 is 34.5 Å². The van der Waals surface area contributed by atoms with Crippen LogP contribution in [0.5, 0.6) is 0 Å². The van der Waals surface area contributed by atoms with Crippen molar-refractivity contribution in [1.82, 2.24) is 4.98 Å². The predicted octanol–water partition coefficient (Wildman–Crippen LogP) is 14.0. The third-order valence-corrected chi connectivity index (χ3v) is 9.64. The molecule has 0 aliphatic rings. The van der Waals surface area contributed by atoms with E-state index in [2.05, 4.69) is 75.8 Å². The number of carbonyl (C=O) groups is 2. The van der Waals surface area contributed by atoms with Crippen molar-refractivity contribution < 1.29 is 23.5 Å². The number of hydrogen-bond donors (Lipinski definition) is 1. The largest absolute Gasteiger partial charge is 0.478 e. The zero-order valence-electron chi connectivity index (χ0n) is 33.5. The normalized spacial score (nSPS) is 13.5. The van der Waals surface area contributed by atoms with E-state index in [1.807, 2.05) is 32.9 Å². The molecule has 2 heterocycles.